The molecule has 0 aliphatic heterocycles. The van der Waals surface area contributed by atoms with E-state index in [0.29, 0.717) is 29.0 Å². The van der Waals surface area contributed by atoms with Crippen molar-refractivity contribution in [2.75, 3.05) is 0 Å². The fraction of sp³-hybridized carbons (Fsp3) is 0.370. The number of carbonyl (C=O) groups excluding carboxylic acids is 1. The first-order chi connectivity index (χ1) is 16.7. The number of hydrogen-bond acceptors (Lipinski definition) is 5. The van der Waals surface area contributed by atoms with Crippen molar-refractivity contribution in [3.8, 4) is 16.3 Å². The maximum atomic E-state index is 13.5. The number of benzene rings is 2. The van der Waals surface area contributed by atoms with Crippen LogP contribution in [0.3, 0.4) is 0 Å². The summed E-state index contributed by atoms with van der Waals surface area (Å²) in [5.41, 5.74) is -0.438. The predicted molar refractivity (Wildman–Crippen MR) is 133 cm³/mol. The minimum absolute atomic E-state index is 0.0324. The Morgan fingerprint density at radius 3 is 2.36 bits per heavy atom. The Labute approximate surface area is 212 Å². The number of aryl methyl sites for hydroxylation is 2. The van der Waals surface area contributed by atoms with Gasteiger partial charge in [-0.2, -0.15) is 13.2 Å². The number of ketones is 1. The number of carboxylic acids is 1. The zero-order chi connectivity index (χ0) is 26.8. The highest BCUT2D eigenvalue weighted by Gasteiger charge is 2.34. The number of carboxylic acid groups (broad SMARTS) is 1. The van der Waals surface area contributed by atoms with Crippen LogP contribution in [0.2, 0.25) is 0 Å². The number of aromatic nitrogens is 1. The number of thiazole rings is 1. The third-order valence-electron chi connectivity index (χ3n) is 5.68. The Hall–Kier alpha value is -3.20. The van der Waals surface area contributed by atoms with Crippen molar-refractivity contribution in [2.45, 2.75) is 65.2 Å². The molecule has 36 heavy (non-hydrogen) atoms. The molecule has 3 aromatic rings. The number of alkyl halides is 3. The molecule has 5 nitrogen and oxygen atoms in total. The van der Waals surface area contributed by atoms with Crippen molar-refractivity contribution >= 4 is 23.1 Å². The number of ether oxygens (including phenoxy) is 1. The van der Waals surface area contributed by atoms with Crippen LogP contribution in [-0.4, -0.2) is 27.4 Å². The number of nitrogens with zero attached hydrogens (tertiary/aromatic N) is 1. The molecule has 9 heteroatoms. The standard InChI is InChI=1S/C27H28F3NO4S/c1-15(2)23-20(31-24(36-23)18-8-6-7-9-19(18)27(28,29)30)11-12-21(32)17-10-13-22(16(3)14-17)35-26(4,5)25(33)34/h6-10,13-15H,11-12H2,1-5H3,(H,33,34). The van der Waals surface area contributed by atoms with Gasteiger partial charge in [0.1, 0.15) is 10.8 Å². The van der Waals surface area contributed by atoms with Gasteiger partial charge in [-0.05, 0) is 62.9 Å². The lowest BCUT2D eigenvalue weighted by Crippen LogP contribution is -2.38. The van der Waals surface area contributed by atoms with Crippen LogP contribution in [0.25, 0.3) is 10.6 Å². The highest BCUT2D eigenvalue weighted by atomic mass is 32.1. The van der Waals surface area contributed by atoms with Gasteiger partial charge in [0.15, 0.2) is 11.4 Å². The largest absolute Gasteiger partial charge is 0.478 e. The highest BCUT2D eigenvalue weighted by Crippen LogP contribution is 2.40. The topological polar surface area (TPSA) is 76.5 Å². The molecule has 0 aliphatic carbocycles. The maximum absolute atomic E-state index is 13.5. The van der Waals surface area contributed by atoms with Crippen molar-refractivity contribution in [3.63, 3.8) is 0 Å². The van der Waals surface area contributed by atoms with Crippen molar-refractivity contribution in [2.24, 2.45) is 0 Å². The summed E-state index contributed by atoms with van der Waals surface area (Å²) in [7, 11) is 0. The molecule has 0 unspecified atom stereocenters. The minimum atomic E-state index is -4.50. The molecule has 0 bridgehead atoms. The Bertz CT molecular complexity index is 1280. The number of rotatable bonds is 9. The smallest absolute Gasteiger partial charge is 0.417 e. The normalized spacial score (nSPS) is 12.1. The van der Waals surface area contributed by atoms with Crippen LogP contribution in [0, 0.1) is 6.92 Å². The molecule has 0 saturated carbocycles. The van der Waals surface area contributed by atoms with E-state index in [2.05, 4.69) is 4.98 Å². The average Bonchev–Trinajstić information content (AvgIpc) is 3.22. The van der Waals surface area contributed by atoms with Crippen LogP contribution in [0.5, 0.6) is 5.75 Å². The van der Waals surface area contributed by atoms with Crippen molar-refractivity contribution in [1.82, 2.24) is 4.98 Å². The van der Waals surface area contributed by atoms with Crippen LogP contribution >= 0.6 is 11.3 Å². The first-order valence-electron chi connectivity index (χ1n) is 11.4. The molecule has 1 aromatic heterocycles. The molecule has 0 saturated heterocycles. The summed E-state index contributed by atoms with van der Waals surface area (Å²) in [6.07, 6.45) is -4.08. The number of halogens is 3. The van der Waals surface area contributed by atoms with E-state index in [1.165, 1.54) is 37.3 Å². The summed E-state index contributed by atoms with van der Waals surface area (Å²) >= 11 is 1.22. The van der Waals surface area contributed by atoms with Crippen LogP contribution < -0.4 is 4.74 Å². The molecule has 2 aromatic carbocycles. The third kappa shape index (κ3) is 6.13. The van der Waals surface area contributed by atoms with E-state index in [9.17, 15) is 27.9 Å². The van der Waals surface area contributed by atoms with E-state index in [-0.39, 0.29) is 28.7 Å². The second-order valence-electron chi connectivity index (χ2n) is 9.35. The molecule has 0 spiro atoms. The quantitative estimate of drug-likeness (QED) is 0.300. The van der Waals surface area contributed by atoms with Gasteiger partial charge in [0.25, 0.3) is 0 Å². The number of aliphatic carboxylic acids is 1. The van der Waals surface area contributed by atoms with Crippen LogP contribution in [0.4, 0.5) is 13.2 Å². The summed E-state index contributed by atoms with van der Waals surface area (Å²) in [5.74, 6) is -0.852. The van der Waals surface area contributed by atoms with E-state index in [0.717, 1.165) is 10.9 Å². The Morgan fingerprint density at radius 1 is 1.11 bits per heavy atom. The number of Topliss-reactive ketones (excluding diaryl/α,β-unsaturated/α-hetero) is 1. The van der Waals surface area contributed by atoms with Crippen molar-refractivity contribution in [3.05, 3.63) is 69.7 Å². The number of carbonyl (C=O) groups is 2. The van der Waals surface area contributed by atoms with Gasteiger partial charge in [0.05, 0.1) is 11.3 Å². The predicted octanol–water partition coefficient (Wildman–Crippen LogP) is 7.32. The third-order valence-corrected chi connectivity index (χ3v) is 7.11. The zero-order valence-corrected chi connectivity index (χ0v) is 21.5. The fourth-order valence-corrected chi connectivity index (χ4v) is 4.81. The molecule has 192 valence electrons. The SMILES string of the molecule is Cc1cc(C(=O)CCc2nc(-c3ccccc3C(F)(F)F)sc2C(C)C)ccc1OC(C)(C)C(=O)O. The van der Waals surface area contributed by atoms with Gasteiger partial charge < -0.3 is 9.84 Å². The van der Waals surface area contributed by atoms with Crippen LogP contribution in [-0.2, 0) is 17.4 Å². The van der Waals surface area contributed by atoms with E-state index < -0.39 is 23.3 Å². The summed E-state index contributed by atoms with van der Waals surface area (Å²) in [6.45, 7) is 8.49. The van der Waals surface area contributed by atoms with Crippen molar-refractivity contribution < 1.29 is 32.6 Å². The molecular weight excluding hydrogens is 491 g/mol. The van der Waals surface area contributed by atoms with Gasteiger partial charge >= 0.3 is 12.1 Å². The molecule has 0 amide bonds. The molecule has 3 rings (SSSR count). The van der Waals surface area contributed by atoms with Gasteiger partial charge in [-0.1, -0.05) is 32.0 Å². The average molecular weight is 520 g/mol. The van der Waals surface area contributed by atoms with Gasteiger partial charge in [0, 0.05) is 22.4 Å². The van der Waals surface area contributed by atoms with E-state index in [1.807, 2.05) is 13.8 Å². The minimum Gasteiger partial charge on any atom is -0.478 e. The lowest BCUT2D eigenvalue weighted by atomic mass is 10.0. The van der Waals surface area contributed by atoms with E-state index >= 15 is 0 Å². The second kappa shape index (κ2) is 10.4. The lowest BCUT2D eigenvalue weighted by Gasteiger charge is -2.22. The van der Waals surface area contributed by atoms with Gasteiger partial charge in [-0.3, -0.25) is 4.79 Å². The Kier molecular flexibility index (Phi) is 7.93. The fourth-order valence-electron chi connectivity index (χ4n) is 3.66. The van der Waals surface area contributed by atoms with Crippen molar-refractivity contribution in [1.29, 1.82) is 0 Å². The molecule has 1 N–H and O–H groups in total. The number of hydrogen-bond donors (Lipinski definition) is 1. The molecule has 0 atom stereocenters. The van der Waals surface area contributed by atoms with Crippen LogP contribution in [0.1, 0.15) is 72.1 Å². The van der Waals surface area contributed by atoms with Gasteiger partial charge in [-0.25, -0.2) is 9.78 Å². The van der Waals surface area contributed by atoms with Crippen LogP contribution in [0.15, 0.2) is 42.5 Å². The van der Waals surface area contributed by atoms with E-state index in [1.54, 1.807) is 31.2 Å². The summed E-state index contributed by atoms with van der Waals surface area (Å²) in [6, 6.07) is 10.2. The molecule has 0 radical (unpaired) electrons. The molecular formula is C27H28F3NO4S. The molecule has 0 fully saturated rings. The molecule has 1 heterocycles. The highest BCUT2D eigenvalue weighted by molar-refractivity contribution is 7.15. The first kappa shape index (κ1) is 27.4. The Morgan fingerprint density at radius 2 is 1.78 bits per heavy atom. The van der Waals surface area contributed by atoms with E-state index in [4.69, 9.17) is 4.74 Å². The van der Waals surface area contributed by atoms with Gasteiger partial charge in [-0.15, -0.1) is 11.3 Å². The zero-order valence-electron chi connectivity index (χ0n) is 20.7. The summed E-state index contributed by atoms with van der Waals surface area (Å²) in [5, 5.41) is 9.55. The summed E-state index contributed by atoms with van der Waals surface area (Å²) in [4.78, 5) is 29.6. The monoisotopic (exact) mass is 519 g/mol. The molecule has 0 aliphatic rings. The second-order valence-corrected chi connectivity index (χ2v) is 10.4. The maximum Gasteiger partial charge on any atom is 0.417 e. The first-order valence-corrected chi connectivity index (χ1v) is 12.2. The lowest BCUT2D eigenvalue weighted by molar-refractivity contribution is -0.152. The van der Waals surface area contributed by atoms with Gasteiger partial charge in [0.2, 0.25) is 0 Å². The Balaban J connectivity index is 1.81. The summed E-state index contributed by atoms with van der Waals surface area (Å²) < 4.78 is 46.2.